The van der Waals surface area contributed by atoms with Gasteiger partial charge in [-0.1, -0.05) is 5.16 Å². The molecule has 0 amide bonds. The van der Waals surface area contributed by atoms with E-state index in [2.05, 4.69) is 5.16 Å². The van der Waals surface area contributed by atoms with Crippen molar-refractivity contribution in [3.63, 3.8) is 0 Å². The molecule has 23 heavy (non-hydrogen) atoms. The van der Waals surface area contributed by atoms with E-state index in [-0.39, 0.29) is 22.7 Å². The number of hydrogen-bond acceptors (Lipinski definition) is 5. The van der Waals surface area contributed by atoms with E-state index in [1.54, 1.807) is 18.2 Å². The van der Waals surface area contributed by atoms with Crippen LogP contribution in [0.4, 0.5) is 0 Å². The van der Waals surface area contributed by atoms with Crippen LogP contribution in [0.3, 0.4) is 0 Å². The third-order valence-corrected chi connectivity index (χ3v) is 2.86. The molecule has 0 saturated heterocycles. The maximum Gasteiger partial charge on any atom is 0.246 e. The number of rotatable bonds is 3. The molecule has 2 rings (SSSR count). The van der Waals surface area contributed by atoms with Gasteiger partial charge in [-0.15, -0.1) is 0 Å². The van der Waals surface area contributed by atoms with Gasteiger partial charge >= 0.3 is 0 Å². The van der Waals surface area contributed by atoms with E-state index in [1.165, 1.54) is 24.4 Å². The molecule has 1 heterocycles. The van der Waals surface area contributed by atoms with Crippen LogP contribution in [0.25, 0.3) is 0 Å². The van der Waals surface area contributed by atoms with Gasteiger partial charge in [0.1, 0.15) is 11.4 Å². The molecule has 1 aromatic heterocycles. The summed E-state index contributed by atoms with van der Waals surface area (Å²) in [6, 6.07) is 11.2. The Labute approximate surface area is 134 Å². The first-order valence-corrected chi connectivity index (χ1v) is 7.00. The first kappa shape index (κ1) is 16.3. The molecule has 0 fully saturated rings. The Kier molecular flexibility index (Phi) is 4.51. The average Bonchev–Trinajstić information content (AvgIpc) is 2.49. The maximum atomic E-state index is 12.1. The number of aromatic hydroxyl groups is 1. The van der Waals surface area contributed by atoms with Crippen LogP contribution in [0.1, 0.15) is 37.6 Å². The number of phenols is 1. The minimum Gasteiger partial charge on any atom is -0.618 e. The minimum atomic E-state index is -0.573. The highest BCUT2D eigenvalue weighted by Crippen LogP contribution is 2.22. The van der Waals surface area contributed by atoms with Gasteiger partial charge in [0, 0.05) is 12.1 Å². The highest BCUT2D eigenvalue weighted by atomic mass is 16.6. The van der Waals surface area contributed by atoms with E-state index in [9.17, 15) is 10.3 Å². The van der Waals surface area contributed by atoms with Crippen LogP contribution >= 0.6 is 0 Å². The van der Waals surface area contributed by atoms with Crippen molar-refractivity contribution in [2.45, 2.75) is 26.4 Å². The van der Waals surface area contributed by atoms with Gasteiger partial charge in [-0.05, 0) is 45.0 Å². The molecule has 1 N–H and O–H groups in total. The molecule has 0 atom stereocenters. The highest BCUT2D eigenvalue weighted by Gasteiger charge is 2.22. The number of oxime groups is 1. The molecule has 6 heteroatoms. The minimum absolute atomic E-state index is 0.0934. The number of benzene rings is 1. The molecule has 0 aliphatic rings. The van der Waals surface area contributed by atoms with E-state index >= 15 is 0 Å². The molecule has 6 nitrogen and oxygen atoms in total. The van der Waals surface area contributed by atoms with Crippen molar-refractivity contribution in [2.75, 3.05) is 0 Å². The molecule has 1 aromatic carbocycles. The Balaban J connectivity index is 2.64. The van der Waals surface area contributed by atoms with Crippen molar-refractivity contribution < 1.29 is 14.7 Å². The lowest BCUT2D eigenvalue weighted by molar-refractivity contribution is -0.606. The lowest BCUT2D eigenvalue weighted by atomic mass is 10.0. The van der Waals surface area contributed by atoms with Crippen molar-refractivity contribution in [1.82, 2.24) is 0 Å². The van der Waals surface area contributed by atoms with Crippen LogP contribution < -0.4 is 4.73 Å². The summed E-state index contributed by atoms with van der Waals surface area (Å²) in [7, 11) is 0. The van der Waals surface area contributed by atoms with Gasteiger partial charge < -0.3 is 15.2 Å². The lowest BCUT2D eigenvalue weighted by Crippen LogP contribution is -2.34. The van der Waals surface area contributed by atoms with E-state index < -0.39 is 5.60 Å². The number of nitriles is 1. The predicted molar refractivity (Wildman–Crippen MR) is 84.7 cm³/mol. The summed E-state index contributed by atoms with van der Waals surface area (Å²) in [6.45, 7) is 5.45. The van der Waals surface area contributed by atoms with Gasteiger partial charge in [-0.25, -0.2) is 0 Å². The molecule has 118 valence electrons. The average molecular weight is 311 g/mol. The summed E-state index contributed by atoms with van der Waals surface area (Å²) in [5.74, 6) is -0.0934. The summed E-state index contributed by atoms with van der Waals surface area (Å²) in [5.41, 5.74) is 0.391. The third kappa shape index (κ3) is 3.98. The second kappa shape index (κ2) is 6.36. The van der Waals surface area contributed by atoms with Crippen LogP contribution in [0, 0.1) is 16.5 Å². The maximum absolute atomic E-state index is 12.1. The molecule has 0 aliphatic carbocycles. The Morgan fingerprint density at radius 2 is 2.04 bits per heavy atom. The molecule has 0 radical (unpaired) electrons. The zero-order valence-electron chi connectivity index (χ0n) is 13.1. The molecular weight excluding hydrogens is 294 g/mol. The van der Waals surface area contributed by atoms with Gasteiger partial charge in [0.15, 0.2) is 11.9 Å². The Morgan fingerprint density at radius 1 is 1.30 bits per heavy atom. The molecular formula is C17H17N3O3. The lowest BCUT2D eigenvalue weighted by Gasteiger charge is -2.17. The first-order valence-electron chi connectivity index (χ1n) is 7.00. The van der Waals surface area contributed by atoms with Gasteiger partial charge in [0.05, 0.1) is 17.2 Å². The monoisotopic (exact) mass is 311 g/mol. The van der Waals surface area contributed by atoms with Crippen molar-refractivity contribution in [3.8, 4) is 11.8 Å². The first-order chi connectivity index (χ1) is 10.8. The van der Waals surface area contributed by atoms with Crippen molar-refractivity contribution in [3.05, 3.63) is 64.6 Å². The van der Waals surface area contributed by atoms with Crippen molar-refractivity contribution in [2.24, 2.45) is 5.16 Å². The Bertz CT molecular complexity index is 786. The second-order valence-corrected chi connectivity index (χ2v) is 5.90. The third-order valence-electron chi connectivity index (χ3n) is 2.86. The van der Waals surface area contributed by atoms with E-state index in [4.69, 9.17) is 10.1 Å². The normalized spacial score (nSPS) is 11.8. The topological polar surface area (TPSA) is 92.5 Å². The standard InChI is InChI=1S/C17H17N3O3/c1-17(2,3)23-19-16(14-6-4-5-9-20(14)22)13-10-12(11-18)7-8-15(13)21/h4-10,21H,1-3H3/b19-16-. The van der Waals surface area contributed by atoms with Crippen molar-refractivity contribution >= 4 is 5.71 Å². The van der Waals surface area contributed by atoms with Crippen molar-refractivity contribution in [1.29, 1.82) is 5.26 Å². The van der Waals surface area contributed by atoms with E-state index in [0.717, 1.165) is 0 Å². The molecule has 2 aromatic rings. The zero-order chi connectivity index (χ0) is 17.0. The SMILES string of the molecule is CC(C)(C)O/N=C(/c1cc(C#N)ccc1O)c1cccc[n+]1[O-]. The molecule has 0 unspecified atom stereocenters. The van der Waals surface area contributed by atoms with Gasteiger partial charge in [0.2, 0.25) is 5.69 Å². The van der Waals surface area contributed by atoms with Gasteiger partial charge in [-0.2, -0.15) is 9.99 Å². The van der Waals surface area contributed by atoms with E-state index in [1.807, 2.05) is 26.8 Å². The van der Waals surface area contributed by atoms with Gasteiger partial charge in [0.25, 0.3) is 0 Å². The fraction of sp³-hybridized carbons (Fsp3) is 0.235. The van der Waals surface area contributed by atoms with Crippen LogP contribution in [-0.4, -0.2) is 16.4 Å². The van der Waals surface area contributed by atoms with Crippen LogP contribution in [0.15, 0.2) is 47.8 Å². The molecule has 0 aliphatic heterocycles. The number of pyridine rings is 1. The summed E-state index contributed by atoms with van der Waals surface area (Å²) in [4.78, 5) is 5.43. The Morgan fingerprint density at radius 3 is 2.65 bits per heavy atom. The summed E-state index contributed by atoms with van der Waals surface area (Å²) >= 11 is 0. The highest BCUT2D eigenvalue weighted by molar-refractivity contribution is 6.12. The van der Waals surface area contributed by atoms with Crippen LogP contribution in [0.2, 0.25) is 0 Å². The summed E-state index contributed by atoms with van der Waals surface area (Å²) in [5, 5.41) is 35.3. The number of nitrogens with zero attached hydrogens (tertiary/aromatic N) is 3. The van der Waals surface area contributed by atoms with Crippen LogP contribution in [-0.2, 0) is 4.84 Å². The smallest absolute Gasteiger partial charge is 0.246 e. The summed E-state index contributed by atoms with van der Waals surface area (Å²) < 4.78 is 0.628. The molecule has 0 bridgehead atoms. The quantitative estimate of drug-likeness (QED) is 0.408. The number of aromatic nitrogens is 1. The van der Waals surface area contributed by atoms with Crippen LogP contribution in [0.5, 0.6) is 5.75 Å². The molecule has 0 saturated carbocycles. The van der Waals surface area contributed by atoms with E-state index in [0.29, 0.717) is 10.3 Å². The number of hydrogen-bond donors (Lipinski definition) is 1. The zero-order valence-corrected chi connectivity index (χ0v) is 13.1. The van der Waals surface area contributed by atoms with Gasteiger partial charge in [-0.3, -0.25) is 0 Å². The fourth-order valence-electron chi connectivity index (χ4n) is 1.82. The fourth-order valence-corrected chi connectivity index (χ4v) is 1.82. The Hall–Kier alpha value is -3.07. The second-order valence-electron chi connectivity index (χ2n) is 5.90. The molecule has 0 spiro atoms. The predicted octanol–water partition coefficient (Wildman–Crippen LogP) is 2.46. The summed E-state index contributed by atoms with van der Waals surface area (Å²) in [6.07, 6.45) is 1.33. The number of phenolic OH excluding ortho intramolecular Hbond substituents is 1. The largest absolute Gasteiger partial charge is 0.618 e.